The molecule has 0 spiro atoms. The molecule has 61 heteroatoms. The van der Waals surface area contributed by atoms with Crippen LogP contribution in [0.1, 0.15) is 174 Å². The van der Waals surface area contributed by atoms with Crippen LogP contribution in [0.15, 0.2) is 30.5 Å². The van der Waals surface area contributed by atoms with Crippen molar-refractivity contribution in [2.24, 2.45) is 11.7 Å². The van der Waals surface area contributed by atoms with E-state index in [2.05, 4.69) is 96.6 Å². The minimum atomic E-state index is -2.48. The number of thioether (sulfide) groups is 2. The van der Waals surface area contributed by atoms with Crippen LogP contribution in [0.2, 0.25) is 0 Å². The summed E-state index contributed by atoms with van der Waals surface area (Å²) in [6, 6.07) is -25.4. The number of rotatable bonds is 77. The summed E-state index contributed by atoms with van der Waals surface area (Å²) in [5.74, 6) is -38.6. The molecule has 830 valence electrons. The largest absolute Gasteiger partial charge is 0.481 e. The molecule has 0 aliphatic rings. The quantitative estimate of drug-likeness (QED) is 0.0274. The molecule has 149 heavy (non-hydrogen) atoms. The van der Waals surface area contributed by atoms with E-state index in [4.69, 9.17) is 5.73 Å². The van der Waals surface area contributed by atoms with Gasteiger partial charge in [0, 0.05) is 62.0 Å². The number of para-hydroxylation sites is 1. The van der Waals surface area contributed by atoms with Gasteiger partial charge in [0.05, 0.1) is 51.9 Å². The number of hydrogen-bond donors (Lipinski definition) is 32. The summed E-state index contributed by atoms with van der Waals surface area (Å²) < 4.78 is 0. The number of aliphatic hydroxyl groups is 1. The van der Waals surface area contributed by atoms with Crippen molar-refractivity contribution in [3.8, 4) is 0 Å². The molecule has 0 saturated carbocycles. The third-order valence-corrected chi connectivity index (χ3v) is 23.4. The number of carbonyl (C=O) groups is 27. The summed E-state index contributed by atoms with van der Waals surface area (Å²) in [5.41, 5.74) is 17.7. The molecule has 1 aromatic heterocycles. The molecule has 0 unspecified atom stereocenters. The summed E-state index contributed by atoms with van der Waals surface area (Å²) in [7, 11) is 0. The minimum absolute atomic E-state index is 0.00928. The standard InChI is InChI=1S/C88H134N22O37S2/c1-41(2)32-55(82(140)102-52(20-25-68(122)123)78(136)107-57(34-62(92)112)83(141)106-56(33-43-38-93-46-14-7-6-12-44(43)46)81(139)95-42(3)72(130)94-39-63(113)96-61(40-111)87(145)104-54(88(146)147)27-31-149-5)105-77(135)50(18-23-66(118)119)99-74(132)47(15-9-11-29-90)98-80(138)53(26-30-148-4)103-84(142)58(35-69(124)125)109-86(144)60(37-71(128)129)110-85(143)59(36-70(126)127)108-79(137)51(19-24-67(120)121)101-76(134)49(17-22-65(116)117)100-75(133)48(16-21-64(114)115)97-73(131)45(91)13-8-10-28-89/h6-7,12,14,38,41-42,45,47-61,93,111H,8-11,13,15-37,39-40,89-91H2,1-5H3,(H2,92,112)(H,94,130)(H,95,139)(H,96,113)(H,97,131)(H,98,138)(H,99,132)(H,100,133)(H,101,134)(H,102,140)(H,103,142)(H,104,145)(H,105,135)(H,106,141)(H,107,136)(H,108,137)(H,109,144)(H,110,143)(H,114,115)(H,116,117)(H,118,119)(H,120,121)(H,122,123)(H,124,125)(H,126,127)(H,128,129)(H,146,147)/p+3/t42-,45-,47-,48-,49-,50-,51-,52-,53-,54-,55-,56-,57-,58-,59-,60-,61-/m0/s1. The Balaban J connectivity index is 2.61. The first-order valence-corrected chi connectivity index (χ1v) is 49.8. The van der Waals surface area contributed by atoms with Crippen molar-refractivity contribution in [1.29, 1.82) is 0 Å². The van der Waals surface area contributed by atoms with E-state index in [1.807, 2.05) is 16.0 Å². The number of nitrogens with two attached hydrogens (primary N) is 1. The lowest BCUT2D eigenvalue weighted by atomic mass is 10.0. The van der Waals surface area contributed by atoms with Crippen molar-refractivity contribution in [3.63, 3.8) is 0 Å². The topological polar surface area (TPSA) is 992 Å². The Bertz CT molecular complexity index is 5030. The maximum atomic E-state index is 14.7. The highest BCUT2D eigenvalue weighted by Crippen LogP contribution is 2.21. The van der Waals surface area contributed by atoms with Gasteiger partial charge in [-0.25, -0.2) is 4.79 Å². The summed E-state index contributed by atoms with van der Waals surface area (Å²) in [6.45, 7) is 3.09. The molecular formula is C88H137N22O37S2+3. The average Bonchev–Trinajstić information content (AvgIpc) is 1.71. The van der Waals surface area contributed by atoms with Crippen LogP contribution in [0.3, 0.4) is 0 Å². The van der Waals surface area contributed by atoms with Gasteiger partial charge >= 0.3 is 53.7 Å². The molecule has 18 amide bonds. The van der Waals surface area contributed by atoms with Gasteiger partial charge < -0.3 is 169 Å². The van der Waals surface area contributed by atoms with Crippen LogP contribution in [0, 0.1) is 5.92 Å². The first-order chi connectivity index (χ1) is 70.1. The number of hydrogen-bond acceptors (Lipinski definition) is 30. The predicted octanol–water partition coefficient (Wildman–Crippen LogP) is -11.7. The van der Waals surface area contributed by atoms with E-state index in [0.29, 0.717) is 41.6 Å². The van der Waals surface area contributed by atoms with Crippen LogP contribution in [0.4, 0.5) is 0 Å². The van der Waals surface area contributed by atoms with Gasteiger partial charge in [-0.05, 0) is 132 Å². The second-order valence-electron chi connectivity index (χ2n) is 34.7. The third kappa shape index (κ3) is 51.3. The van der Waals surface area contributed by atoms with Crippen molar-refractivity contribution < 1.29 is 198 Å². The normalized spacial score (nSPS) is 14.5. The van der Waals surface area contributed by atoms with E-state index in [9.17, 15) is 181 Å². The second-order valence-corrected chi connectivity index (χ2v) is 36.7. The molecular weight excluding hydrogens is 2020 g/mol. The number of primary amides is 1. The van der Waals surface area contributed by atoms with Crippen molar-refractivity contribution in [2.75, 3.05) is 50.3 Å². The molecule has 0 aliphatic heterocycles. The van der Waals surface area contributed by atoms with Gasteiger partial charge in [-0.1, -0.05) is 32.0 Å². The number of unbranched alkanes of at least 4 members (excludes halogenated alkanes) is 2. The van der Waals surface area contributed by atoms with Crippen molar-refractivity contribution >= 4 is 194 Å². The first kappa shape index (κ1) is 130. The molecule has 0 aliphatic carbocycles. The number of H-pyrrole nitrogens is 1. The Morgan fingerprint density at radius 3 is 0.987 bits per heavy atom. The Kier molecular flexibility index (Phi) is 59.7. The molecule has 1 aromatic carbocycles. The number of fused-ring (bicyclic) bond motifs is 1. The Morgan fingerprint density at radius 2 is 0.638 bits per heavy atom. The molecule has 2 rings (SSSR count). The number of aliphatic carboxylic acids is 9. The minimum Gasteiger partial charge on any atom is -0.481 e. The molecule has 1 heterocycles. The van der Waals surface area contributed by atoms with Crippen molar-refractivity contribution in [1.82, 2.24) is 95.4 Å². The molecule has 17 atom stereocenters. The zero-order valence-electron chi connectivity index (χ0n) is 82.5. The van der Waals surface area contributed by atoms with Gasteiger partial charge in [0.25, 0.3) is 5.91 Å². The molecule has 0 bridgehead atoms. The van der Waals surface area contributed by atoms with Gasteiger partial charge in [-0.3, -0.25) is 125 Å². The zero-order chi connectivity index (χ0) is 113. The van der Waals surface area contributed by atoms with Gasteiger partial charge in [0.15, 0.2) is 6.04 Å². The van der Waals surface area contributed by atoms with E-state index < -0.39 is 385 Å². The van der Waals surface area contributed by atoms with Crippen LogP contribution in [0.5, 0.6) is 0 Å². The maximum absolute atomic E-state index is 14.7. The zero-order valence-corrected chi connectivity index (χ0v) is 84.1. The molecule has 59 nitrogen and oxygen atoms in total. The lowest BCUT2D eigenvalue weighted by Gasteiger charge is -2.28. The molecule has 0 radical (unpaired) electrons. The number of carboxylic acids is 9. The SMILES string of the molecule is CSCC[C@H](NC(=O)[C@H](CO)NC(=O)CNC(=O)[C@H](C)NC(=O)[C@H](Cc1c[nH]c2ccccc12)NC(=O)[C@H](CC(N)=O)NC(=O)[C@H](CCC(=O)O)NC(=O)[C@H](CC(C)C)NC(=O)[C@H](CCC(=O)O)NC(=O)[C@H](CCCC[NH3+])NC(=O)[C@H](CCSC)NC(=O)[C@H](CC(=O)O)NC(=O)[C@H](CC(=O)O)NC(=O)[C@H](CC(=O)O)NC(=O)[C@H](CCC(=O)O)NC(=O)[C@H](CCC(=O)O)NC(=O)[C@H](CCC(=O)O)NC(=O)[C@@H]([NH3+])CCCC[NH3+])C(=O)O. The maximum Gasteiger partial charge on any atom is 0.326 e. The monoisotopic (exact) mass is 2160 g/mol. The number of nitrogens with one attached hydrogen (secondary N) is 18. The highest BCUT2D eigenvalue weighted by Gasteiger charge is 2.42. The average molecular weight is 2160 g/mol. The van der Waals surface area contributed by atoms with E-state index in [1.54, 1.807) is 44.4 Å². The van der Waals surface area contributed by atoms with Gasteiger partial charge in [-0.2, -0.15) is 23.5 Å². The number of amides is 18. The fraction of sp³-hybridized carbons (Fsp3) is 0.602. The Morgan fingerprint density at radius 1 is 0.336 bits per heavy atom. The van der Waals surface area contributed by atoms with Gasteiger partial charge in [0.1, 0.15) is 96.7 Å². The summed E-state index contributed by atoms with van der Waals surface area (Å²) in [5, 5.41) is 136. The fourth-order valence-corrected chi connectivity index (χ4v) is 15.1. The van der Waals surface area contributed by atoms with Crippen LogP contribution < -0.4 is 113 Å². The Labute approximate surface area is 859 Å². The summed E-state index contributed by atoms with van der Waals surface area (Å²) in [6.07, 6.45) is -9.12. The number of carboxylic acid groups (broad SMARTS) is 9. The highest BCUT2D eigenvalue weighted by molar-refractivity contribution is 7.98. The lowest BCUT2D eigenvalue weighted by molar-refractivity contribution is -0.406. The molecule has 0 fully saturated rings. The van der Waals surface area contributed by atoms with Gasteiger partial charge in [-0.15, -0.1) is 0 Å². The number of aromatic amines is 1. The highest BCUT2D eigenvalue weighted by atomic mass is 32.2. The first-order valence-electron chi connectivity index (χ1n) is 47.0. The molecule has 0 saturated heterocycles. The van der Waals surface area contributed by atoms with Crippen LogP contribution >= 0.6 is 23.5 Å². The number of quaternary nitrogens is 3. The van der Waals surface area contributed by atoms with E-state index >= 15 is 0 Å². The number of aromatic nitrogens is 1. The van der Waals surface area contributed by atoms with Crippen LogP contribution in [0.25, 0.3) is 10.9 Å². The Hall–Kier alpha value is -15.0. The number of carbonyl (C=O) groups excluding carboxylic acids is 18. The smallest absolute Gasteiger partial charge is 0.326 e. The fourth-order valence-electron chi connectivity index (χ4n) is 14.1. The number of benzene rings is 1. The summed E-state index contributed by atoms with van der Waals surface area (Å²) in [4.78, 5) is 364. The van der Waals surface area contributed by atoms with E-state index in [1.165, 1.54) is 24.2 Å². The molecule has 2 aromatic rings. The summed E-state index contributed by atoms with van der Waals surface area (Å²) >= 11 is 2.35. The van der Waals surface area contributed by atoms with Crippen LogP contribution in [-0.4, -0.2) is 369 Å². The predicted molar refractivity (Wildman–Crippen MR) is 517 cm³/mol. The second kappa shape index (κ2) is 68.4. The van der Waals surface area contributed by atoms with Gasteiger partial charge in [0.2, 0.25) is 100 Å². The van der Waals surface area contributed by atoms with Crippen molar-refractivity contribution in [3.05, 3.63) is 36.0 Å². The van der Waals surface area contributed by atoms with E-state index in [0.717, 1.165) is 18.7 Å². The third-order valence-electron chi connectivity index (χ3n) is 22.1. The number of aliphatic hydroxyl groups excluding tert-OH is 1. The van der Waals surface area contributed by atoms with Crippen LogP contribution in [-0.2, 0) is 136 Å². The van der Waals surface area contributed by atoms with Crippen molar-refractivity contribution in [2.45, 2.75) is 278 Å². The molecule has 39 N–H and O–H groups in total. The lowest BCUT2D eigenvalue weighted by Crippen LogP contribution is -2.69. The van der Waals surface area contributed by atoms with E-state index in [-0.39, 0.29) is 50.8 Å².